The van der Waals surface area contributed by atoms with Crippen molar-refractivity contribution in [1.29, 1.82) is 0 Å². The van der Waals surface area contributed by atoms with Crippen LogP contribution in [0.25, 0.3) is 10.8 Å². The summed E-state index contributed by atoms with van der Waals surface area (Å²) in [7, 11) is 0. The molecule has 0 aliphatic carbocycles. The second-order valence-electron chi connectivity index (χ2n) is 5.05. The van der Waals surface area contributed by atoms with Gasteiger partial charge in [-0.3, -0.25) is 9.78 Å². The van der Waals surface area contributed by atoms with Crippen molar-refractivity contribution in [2.75, 3.05) is 12.3 Å². The molecular formula is C15H16N2OS. The molecule has 19 heavy (non-hydrogen) atoms. The Balaban J connectivity index is 1.80. The second-order valence-corrected chi connectivity index (χ2v) is 5.41. The van der Waals surface area contributed by atoms with Crippen LogP contribution in [0.1, 0.15) is 12.1 Å². The fraction of sp³-hybridized carbons (Fsp3) is 0.333. The van der Waals surface area contributed by atoms with Crippen molar-refractivity contribution in [3.05, 3.63) is 42.2 Å². The molecule has 0 N–H and O–H groups in total. The summed E-state index contributed by atoms with van der Waals surface area (Å²) in [4.78, 5) is 18.2. The quantitative estimate of drug-likeness (QED) is 0.871. The summed E-state index contributed by atoms with van der Waals surface area (Å²) in [6.45, 7) is 1.41. The molecule has 1 fully saturated rings. The molecule has 0 radical (unpaired) electrons. The van der Waals surface area contributed by atoms with Crippen molar-refractivity contribution >= 4 is 29.3 Å². The topological polar surface area (TPSA) is 33.2 Å². The highest BCUT2D eigenvalue weighted by molar-refractivity contribution is 7.80. The van der Waals surface area contributed by atoms with Crippen LogP contribution in [0.2, 0.25) is 0 Å². The van der Waals surface area contributed by atoms with E-state index in [-0.39, 0.29) is 5.91 Å². The predicted octanol–water partition coefficient (Wildman–Crippen LogP) is 2.51. The zero-order chi connectivity index (χ0) is 13.2. The maximum atomic E-state index is 11.9. The van der Waals surface area contributed by atoms with Gasteiger partial charge in [0.2, 0.25) is 5.91 Å². The lowest BCUT2D eigenvalue weighted by atomic mass is 10.1. The van der Waals surface area contributed by atoms with Gasteiger partial charge in [-0.05, 0) is 23.1 Å². The van der Waals surface area contributed by atoms with Crippen molar-refractivity contribution in [3.63, 3.8) is 0 Å². The van der Waals surface area contributed by atoms with Crippen molar-refractivity contribution in [1.82, 2.24) is 9.88 Å². The van der Waals surface area contributed by atoms with Gasteiger partial charge >= 0.3 is 0 Å². The van der Waals surface area contributed by atoms with Gasteiger partial charge in [0.15, 0.2) is 0 Å². The summed E-state index contributed by atoms with van der Waals surface area (Å²) in [6, 6.07) is 10.2. The van der Waals surface area contributed by atoms with Crippen LogP contribution in [0.4, 0.5) is 0 Å². The first-order valence-electron chi connectivity index (χ1n) is 6.48. The van der Waals surface area contributed by atoms with Gasteiger partial charge < -0.3 is 4.90 Å². The first-order valence-corrected chi connectivity index (χ1v) is 7.12. The number of hydrogen-bond acceptors (Lipinski definition) is 3. The van der Waals surface area contributed by atoms with E-state index in [1.165, 1.54) is 5.39 Å². The normalized spacial score (nSPS) is 19.3. The number of nitrogens with zero attached hydrogens (tertiary/aromatic N) is 2. The number of carbonyl (C=O) groups excluding carboxylic acids is 1. The van der Waals surface area contributed by atoms with Crippen molar-refractivity contribution < 1.29 is 4.79 Å². The first kappa shape index (κ1) is 12.5. The van der Waals surface area contributed by atoms with Crippen LogP contribution in [-0.4, -0.2) is 28.1 Å². The Bertz CT molecular complexity index is 614. The van der Waals surface area contributed by atoms with Gasteiger partial charge in [-0.25, -0.2) is 0 Å². The number of hydrogen-bond donors (Lipinski definition) is 1. The lowest BCUT2D eigenvalue weighted by Gasteiger charge is -2.16. The highest BCUT2D eigenvalue weighted by Crippen LogP contribution is 2.21. The molecule has 0 spiro atoms. The summed E-state index contributed by atoms with van der Waals surface area (Å²) < 4.78 is 0. The van der Waals surface area contributed by atoms with E-state index < -0.39 is 0 Å². The zero-order valence-electron chi connectivity index (χ0n) is 10.6. The van der Waals surface area contributed by atoms with Crippen LogP contribution in [0.3, 0.4) is 0 Å². The third kappa shape index (κ3) is 2.59. The van der Waals surface area contributed by atoms with Gasteiger partial charge in [0.05, 0.1) is 12.2 Å². The minimum absolute atomic E-state index is 0.217. The van der Waals surface area contributed by atoms with Crippen LogP contribution in [-0.2, 0) is 11.3 Å². The van der Waals surface area contributed by atoms with Crippen molar-refractivity contribution in [2.45, 2.75) is 13.0 Å². The fourth-order valence-corrected chi connectivity index (χ4v) is 2.78. The van der Waals surface area contributed by atoms with Gasteiger partial charge in [0.1, 0.15) is 0 Å². The standard InChI is InChI=1S/C15H16N2OS/c18-15-5-11(10-19)8-17(15)9-14-6-12-3-1-2-4-13(12)7-16-14/h1-4,6-7,11,19H,5,8-10H2. The van der Waals surface area contributed by atoms with Crippen LogP contribution in [0.15, 0.2) is 36.5 Å². The Kier molecular flexibility index (Phi) is 3.42. The Morgan fingerprint density at radius 2 is 2.11 bits per heavy atom. The molecule has 2 heterocycles. The molecule has 2 aromatic rings. The third-order valence-electron chi connectivity index (χ3n) is 3.59. The largest absolute Gasteiger partial charge is 0.336 e. The van der Waals surface area contributed by atoms with Gasteiger partial charge in [-0.15, -0.1) is 0 Å². The fourth-order valence-electron chi connectivity index (χ4n) is 2.54. The number of benzene rings is 1. The molecule has 4 heteroatoms. The highest BCUT2D eigenvalue weighted by atomic mass is 32.1. The van der Waals surface area contributed by atoms with E-state index in [0.29, 0.717) is 18.9 Å². The molecular weight excluding hydrogens is 256 g/mol. The molecule has 1 saturated heterocycles. The molecule has 1 aromatic carbocycles. The SMILES string of the molecule is O=C1CC(CS)CN1Cc1cc2ccccc2cn1. The minimum atomic E-state index is 0.217. The van der Waals surface area contributed by atoms with Gasteiger partial charge in [-0.2, -0.15) is 12.6 Å². The summed E-state index contributed by atoms with van der Waals surface area (Å²) in [5, 5.41) is 2.30. The number of pyridine rings is 1. The summed E-state index contributed by atoms with van der Waals surface area (Å²) in [5.41, 5.74) is 0.951. The molecule has 1 aliphatic heterocycles. The Labute approximate surface area is 118 Å². The average Bonchev–Trinajstić information content (AvgIpc) is 2.79. The van der Waals surface area contributed by atoms with Crippen LogP contribution in [0.5, 0.6) is 0 Å². The molecule has 3 rings (SSSR count). The molecule has 1 aromatic heterocycles. The summed E-state index contributed by atoms with van der Waals surface area (Å²) in [5.74, 6) is 1.37. The first-order chi connectivity index (χ1) is 9.26. The smallest absolute Gasteiger partial charge is 0.223 e. The van der Waals surface area contributed by atoms with Gasteiger partial charge in [-0.1, -0.05) is 24.3 Å². The van der Waals surface area contributed by atoms with E-state index in [2.05, 4.69) is 29.7 Å². The van der Waals surface area contributed by atoms with E-state index in [9.17, 15) is 4.79 Å². The average molecular weight is 272 g/mol. The number of rotatable bonds is 3. The van der Waals surface area contributed by atoms with Crippen LogP contribution < -0.4 is 0 Å². The van der Waals surface area contributed by atoms with Crippen molar-refractivity contribution in [2.24, 2.45) is 5.92 Å². The molecule has 1 amide bonds. The number of fused-ring (bicyclic) bond motifs is 1. The highest BCUT2D eigenvalue weighted by Gasteiger charge is 2.28. The molecule has 1 aliphatic rings. The Morgan fingerprint density at radius 1 is 1.32 bits per heavy atom. The summed E-state index contributed by atoms with van der Waals surface area (Å²) >= 11 is 4.28. The van der Waals surface area contributed by atoms with E-state index >= 15 is 0 Å². The molecule has 0 bridgehead atoms. The zero-order valence-corrected chi connectivity index (χ0v) is 11.5. The predicted molar refractivity (Wildman–Crippen MR) is 79.1 cm³/mol. The van der Waals surface area contributed by atoms with E-state index in [0.717, 1.165) is 23.4 Å². The summed E-state index contributed by atoms with van der Waals surface area (Å²) in [6.07, 6.45) is 2.50. The molecule has 3 nitrogen and oxygen atoms in total. The number of likely N-dealkylation sites (tertiary alicyclic amines) is 1. The Morgan fingerprint density at radius 3 is 2.84 bits per heavy atom. The molecule has 98 valence electrons. The van der Waals surface area contributed by atoms with E-state index in [1.807, 2.05) is 29.3 Å². The maximum Gasteiger partial charge on any atom is 0.223 e. The molecule has 0 saturated carbocycles. The molecule has 1 unspecified atom stereocenters. The number of thiol groups is 1. The monoisotopic (exact) mass is 272 g/mol. The molecule has 1 atom stereocenters. The number of carbonyl (C=O) groups is 1. The van der Waals surface area contributed by atoms with Crippen LogP contribution >= 0.6 is 12.6 Å². The van der Waals surface area contributed by atoms with Gasteiger partial charge in [0.25, 0.3) is 0 Å². The van der Waals surface area contributed by atoms with Crippen molar-refractivity contribution in [3.8, 4) is 0 Å². The van der Waals surface area contributed by atoms with E-state index in [1.54, 1.807) is 0 Å². The van der Waals surface area contributed by atoms with Crippen LogP contribution in [0, 0.1) is 5.92 Å². The lowest BCUT2D eigenvalue weighted by Crippen LogP contribution is -2.25. The second kappa shape index (κ2) is 5.21. The third-order valence-corrected chi connectivity index (χ3v) is 4.11. The van der Waals surface area contributed by atoms with Gasteiger partial charge in [0, 0.05) is 24.5 Å². The number of aromatic nitrogens is 1. The maximum absolute atomic E-state index is 11.9. The Hall–Kier alpha value is -1.55. The van der Waals surface area contributed by atoms with E-state index in [4.69, 9.17) is 0 Å². The lowest BCUT2D eigenvalue weighted by molar-refractivity contribution is -0.128. The minimum Gasteiger partial charge on any atom is -0.336 e. The number of amides is 1.